The Morgan fingerprint density at radius 2 is 1.77 bits per heavy atom. The Morgan fingerprint density at radius 3 is 2.53 bits per heavy atom. The number of fused-ring (bicyclic) bond motifs is 3. The van der Waals surface area contributed by atoms with Gasteiger partial charge in [0.25, 0.3) is 0 Å². The first-order chi connectivity index (χ1) is 14.5. The smallest absolute Gasteiger partial charge is 0.133 e. The van der Waals surface area contributed by atoms with Gasteiger partial charge in [0.1, 0.15) is 11.4 Å². The zero-order valence-corrected chi connectivity index (χ0v) is 17.4. The van der Waals surface area contributed by atoms with Crippen LogP contribution >= 0.6 is 0 Å². The number of β-amino-alcohol motifs (C(OH)–C–C–N with tert-alkyl or cyclic N) is 1. The van der Waals surface area contributed by atoms with Crippen LogP contribution in [0.1, 0.15) is 48.2 Å². The molecule has 1 spiro atoms. The minimum atomic E-state index is -0.497. The Balaban J connectivity index is 1.30. The average Bonchev–Trinajstić information content (AvgIpc) is 2.76. The summed E-state index contributed by atoms with van der Waals surface area (Å²) >= 11 is 0. The summed E-state index contributed by atoms with van der Waals surface area (Å²) in [4.78, 5) is 2.31. The molecule has 0 saturated carbocycles. The molecule has 2 aliphatic heterocycles. The number of aliphatic hydroxyl groups excluding tert-OH is 2. The highest BCUT2D eigenvalue weighted by atomic mass is 16.5. The lowest BCUT2D eigenvalue weighted by Gasteiger charge is -2.46. The Labute approximate surface area is 177 Å². The van der Waals surface area contributed by atoms with Gasteiger partial charge in [-0.25, -0.2) is 0 Å². The number of likely N-dealkylation sites (tertiary alicyclic amines) is 1. The van der Waals surface area contributed by atoms with Crippen molar-refractivity contribution in [2.75, 3.05) is 19.6 Å². The largest absolute Gasteiger partial charge is 0.486 e. The van der Waals surface area contributed by atoms with Gasteiger partial charge < -0.3 is 19.8 Å². The van der Waals surface area contributed by atoms with E-state index in [4.69, 9.17) is 4.74 Å². The summed E-state index contributed by atoms with van der Waals surface area (Å²) in [5.74, 6) is 0.847. The first-order valence-corrected chi connectivity index (χ1v) is 10.9. The highest BCUT2D eigenvalue weighted by molar-refractivity contribution is 5.90. The third-order valence-electron chi connectivity index (χ3n) is 6.81. The lowest BCUT2D eigenvalue weighted by atomic mass is 9.81. The predicted molar refractivity (Wildman–Crippen MR) is 119 cm³/mol. The van der Waals surface area contributed by atoms with Crippen LogP contribution in [0.3, 0.4) is 0 Å². The molecule has 3 aromatic carbocycles. The van der Waals surface area contributed by atoms with Gasteiger partial charge in [-0.15, -0.1) is 0 Å². The Hall–Kier alpha value is -2.40. The summed E-state index contributed by atoms with van der Waals surface area (Å²) in [6, 6.07) is 20.4. The van der Waals surface area contributed by atoms with Crippen molar-refractivity contribution in [1.82, 2.24) is 4.90 Å². The number of nitrogens with zero attached hydrogens (tertiary/aromatic N) is 1. The monoisotopic (exact) mass is 403 g/mol. The number of aliphatic hydroxyl groups is 2. The molecule has 0 aromatic heterocycles. The average molecular weight is 404 g/mol. The summed E-state index contributed by atoms with van der Waals surface area (Å²) in [6.45, 7) is 4.40. The topological polar surface area (TPSA) is 52.9 Å². The molecule has 2 heterocycles. The van der Waals surface area contributed by atoms with Crippen molar-refractivity contribution in [3.63, 3.8) is 0 Å². The first-order valence-electron chi connectivity index (χ1n) is 10.9. The minimum Gasteiger partial charge on any atom is -0.486 e. The number of hydrogen-bond acceptors (Lipinski definition) is 4. The lowest BCUT2D eigenvalue weighted by molar-refractivity contribution is -0.0577. The van der Waals surface area contributed by atoms with Crippen molar-refractivity contribution in [3.05, 3.63) is 77.4 Å². The Morgan fingerprint density at radius 1 is 1.03 bits per heavy atom. The molecule has 156 valence electrons. The molecule has 1 fully saturated rings. The van der Waals surface area contributed by atoms with Crippen LogP contribution in [0.15, 0.2) is 60.7 Å². The molecule has 0 radical (unpaired) electrons. The van der Waals surface area contributed by atoms with Gasteiger partial charge >= 0.3 is 0 Å². The highest BCUT2D eigenvalue weighted by Gasteiger charge is 2.43. The molecular weight excluding hydrogens is 374 g/mol. The maximum absolute atomic E-state index is 10.9. The molecule has 0 unspecified atom stereocenters. The van der Waals surface area contributed by atoms with Crippen molar-refractivity contribution >= 4 is 10.8 Å². The van der Waals surface area contributed by atoms with E-state index in [1.54, 1.807) is 0 Å². The molecular formula is C26H29NO3. The second-order valence-corrected chi connectivity index (χ2v) is 8.94. The Kier molecular flexibility index (Phi) is 5.02. The molecule has 0 aliphatic carbocycles. The van der Waals surface area contributed by atoms with Crippen LogP contribution in [0, 0.1) is 6.92 Å². The SMILES string of the molecule is Cc1ccc([C@@H](O)CN2CCC3(CC2)C[C@@H](O)c2ccc4ccccc4c2O3)cc1. The molecule has 0 amide bonds. The first kappa shape index (κ1) is 19.6. The van der Waals surface area contributed by atoms with Gasteiger partial charge in [-0.2, -0.15) is 0 Å². The van der Waals surface area contributed by atoms with Crippen molar-refractivity contribution in [1.29, 1.82) is 0 Å². The third kappa shape index (κ3) is 3.60. The van der Waals surface area contributed by atoms with Crippen molar-refractivity contribution in [2.45, 2.75) is 44.0 Å². The zero-order valence-electron chi connectivity index (χ0n) is 17.4. The van der Waals surface area contributed by atoms with Gasteiger partial charge in [-0.05, 0) is 30.7 Å². The molecule has 30 heavy (non-hydrogen) atoms. The summed E-state index contributed by atoms with van der Waals surface area (Å²) in [7, 11) is 0. The van der Waals surface area contributed by atoms with Crippen LogP contribution in [0.4, 0.5) is 0 Å². The predicted octanol–water partition coefficient (Wildman–Crippen LogP) is 4.53. The summed E-state index contributed by atoms with van der Waals surface area (Å²) in [5, 5.41) is 23.7. The van der Waals surface area contributed by atoms with Gasteiger partial charge in [0.05, 0.1) is 12.2 Å². The van der Waals surface area contributed by atoms with Crippen molar-refractivity contribution in [2.24, 2.45) is 0 Å². The summed E-state index contributed by atoms with van der Waals surface area (Å²) < 4.78 is 6.65. The van der Waals surface area contributed by atoms with Gasteiger partial charge in [-0.3, -0.25) is 0 Å². The number of aryl methyl sites for hydroxylation is 1. The van der Waals surface area contributed by atoms with Crippen molar-refractivity contribution < 1.29 is 14.9 Å². The molecule has 3 aromatic rings. The number of piperidine rings is 1. The molecule has 4 nitrogen and oxygen atoms in total. The molecule has 2 aliphatic rings. The summed E-state index contributed by atoms with van der Waals surface area (Å²) in [6.07, 6.45) is 1.36. The second-order valence-electron chi connectivity index (χ2n) is 8.94. The van der Waals surface area contributed by atoms with E-state index in [1.807, 2.05) is 42.5 Å². The Bertz CT molecular complexity index is 1040. The molecule has 5 rings (SSSR count). The number of benzene rings is 3. The minimum absolute atomic E-state index is 0.331. The summed E-state index contributed by atoms with van der Waals surface area (Å²) in [5.41, 5.74) is 2.73. The highest BCUT2D eigenvalue weighted by Crippen LogP contribution is 2.47. The number of hydrogen-bond donors (Lipinski definition) is 2. The maximum Gasteiger partial charge on any atom is 0.133 e. The van der Waals surface area contributed by atoms with E-state index >= 15 is 0 Å². The second kappa shape index (κ2) is 7.69. The van der Waals surface area contributed by atoms with E-state index in [0.29, 0.717) is 13.0 Å². The molecule has 2 atom stereocenters. The standard InChI is InChI=1S/C26H29NO3/c1-18-6-8-20(9-7-18)24(29)17-27-14-12-26(13-15-27)16-23(28)22-11-10-19-4-2-3-5-21(19)25(22)30-26/h2-11,23-24,28-29H,12-17H2,1H3/t23-,24+/m1/s1. The van der Waals surface area contributed by atoms with Gasteiger partial charge in [-0.1, -0.05) is 66.2 Å². The van der Waals surface area contributed by atoms with Crippen LogP contribution < -0.4 is 4.74 Å². The van der Waals surface area contributed by atoms with E-state index in [0.717, 1.165) is 53.6 Å². The quantitative estimate of drug-likeness (QED) is 0.675. The fraction of sp³-hybridized carbons (Fsp3) is 0.385. The normalized spacial score (nSPS) is 21.9. The van der Waals surface area contributed by atoms with E-state index < -0.39 is 12.2 Å². The molecule has 4 heteroatoms. The van der Waals surface area contributed by atoms with Gasteiger partial charge in [0.15, 0.2) is 0 Å². The van der Waals surface area contributed by atoms with E-state index in [9.17, 15) is 10.2 Å². The van der Waals surface area contributed by atoms with Crippen LogP contribution in [0.5, 0.6) is 5.75 Å². The maximum atomic E-state index is 10.9. The third-order valence-corrected chi connectivity index (χ3v) is 6.81. The fourth-order valence-electron chi connectivity index (χ4n) is 4.94. The molecule has 1 saturated heterocycles. The van der Waals surface area contributed by atoms with Crippen LogP contribution in [0.2, 0.25) is 0 Å². The number of rotatable bonds is 3. The van der Waals surface area contributed by atoms with Gasteiger partial charge in [0.2, 0.25) is 0 Å². The van der Waals surface area contributed by atoms with Crippen LogP contribution in [-0.4, -0.2) is 40.3 Å². The number of ether oxygens (including phenoxy) is 1. The van der Waals surface area contributed by atoms with E-state index in [-0.39, 0.29) is 5.60 Å². The van der Waals surface area contributed by atoms with Crippen LogP contribution in [-0.2, 0) is 0 Å². The molecule has 2 N–H and O–H groups in total. The fourth-order valence-corrected chi connectivity index (χ4v) is 4.94. The van der Waals surface area contributed by atoms with Crippen molar-refractivity contribution in [3.8, 4) is 5.75 Å². The van der Waals surface area contributed by atoms with E-state index in [2.05, 4.69) is 30.0 Å². The molecule has 0 bridgehead atoms. The lowest BCUT2D eigenvalue weighted by Crippen LogP contribution is -2.51. The zero-order chi connectivity index (χ0) is 20.7. The van der Waals surface area contributed by atoms with Gasteiger partial charge in [0, 0.05) is 37.0 Å². The van der Waals surface area contributed by atoms with E-state index in [1.165, 1.54) is 5.56 Å². The van der Waals surface area contributed by atoms with Crippen LogP contribution in [0.25, 0.3) is 10.8 Å².